The number of hydrogen-bond acceptors (Lipinski definition) is 7. The molecule has 1 N–H and O–H groups in total. The summed E-state index contributed by atoms with van der Waals surface area (Å²) in [5, 5.41) is 6.31. The lowest BCUT2D eigenvalue weighted by molar-refractivity contribution is 0.311. The van der Waals surface area contributed by atoms with E-state index in [9.17, 15) is 0 Å². The summed E-state index contributed by atoms with van der Waals surface area (Å²) in [5.74, 6) is 2.16. The maximum atomic E-state index is 6.13. The molecule has 0 saturated carbocycles. The highest BCUT2D eigenvalue weighted by Gasteiger charge is 2.10. The Morgan fingerprint density at radius 2 is 1.90 bits per heavy atom. The minimum absolute atomic E-state index is 0.424. The number of anilines is 2. The van der Waals surface area contributed by atoms with Crippen LogP contribution in [0.15, 0.2) is 72.4 Å². The van der Waals surface area contributed by atoms with Crippen molar-refractivity contribution < 1.29 is 9.47 Å². The van der Waals surface area contributed by atoms with Gasteiger partial charge in [-0.1, -0.05) is 6.07 Å². The highest BCUT2D eigenvalue weighted by Crippen LogP contribution is 2.29. The van der Waals surface area contributed by atoms with Crippen LogP contribution in [-0.4, -0.2) is 22.1 Å². The van der Waals surface area contributed by atoms with Gasteiger partial charge in [0.05, 0.1) is 29.0 Å². The fourth-order valence-electron chi connectivity index (χ4n) is 3.20. The lowest BCUT2D eigenvalue weighted by atomic mass is 10.2. The van der Waals surface area contributed by atoms with E-state index >= 15 is 0 Å². The van der Waals surface area contributed by atoms with Gasteiger partial charge in [-0.2, -0.15) is 0 Å². The third kappa shape index (κ3) is 3.62. The Balaban J connectivity index is 1.38. The van der Waals surface area contributed by atoms with Crippen LogP contribution in [-0.2, 0) is 6.61 Å². The summed E-state index contributed by atoms with van der Waals surface area (Å²) in [7, 11) is 1.65. The maximum absolute atomic E-state index is 6.13. The first-order chi connectivity index (χ1) is 14.8. The first kappa shape index (κ1) is 18.3. The van der Waals surface area contributed by atoms with Crippen LogP contribution in [0.25, 0.3) is 21.1 Å². The number of methoxy groups -OCH3 is 1. The summed E-state index contributed by atoms with van der Waals surface area (Å²) in [4.78, 5) is 13.5. The topological polar surface area (TPSA) is 69.2 Å². The average Bonchev–Trinajstić information content (AvgIpc) is 3.20. The van der Waals surface area contributed by atoms with Crippen molar-refractivity contribution in [3.63, 3.8) is 0 Å². The molecule has 0 unspecified atom stereocenters. The van der Waals surface area contributed by atoms with Gasteiger partial charge in [-0.05, 0) is 48.5 Å². The van der Waals surface area contributed by atoms with Crippen molar-refractivity contribution in [3.8, 4) is 11.5 Å². The summed E-state index contributed by atoms with van der Waals surface area (Å²) in [6.07, 6.45) is 3.62. The molecule has 0 aliphatic rings. The monoisotopic (exact) mass is 414 g/mol. The Kier molecular flexibility index (Phi) is 4.86. The Labute approximate surface area is 177 Å². The van der Waals surface area contributed by atoms with Gasteiger partial charge in [-0.25, -0.2) is 9.97 Å². The van der Waals surface area contributed by atoms with E-state index in [1.807, 2.05) is 60.8 Å². The van der Waals surface area contributed by atoms with Crippen molar-refractivity contribution in [1.29, 1.82) is 0 Å². The maximum Gasteiger partial charge on any atom is 0.227 e. The van der Waals surface area contributed by atoms with E-state index in [1.165, 1.54) is 0 Å². The second-order valence-corrected chi connectivity index (χ2v) is 7.55. The highest BCUT2D eigenvalue weighted by atomic mass is 32.1. The van der Waals surface area contributed by atoms with Crippen molar-refractivity contribution >= 4 is 44.1 Å². The number of fused-ring (bicyclic) bond motifs is 2. The van der Waals surface area contributed by atoms with Crippen LogP contribution in [0.2, 0.25) is 0 Å². The molecule has 30 heavy (non-hydrogen) atoms. The molecule has 2 aromatic carbocycles. The van der Waals surface area contributed by atoms with Gasteiger partial charge >= 0.3 is 0 Å². The van der Waals surface area contributed by atoms with Crippen LogP contribution in [0.3, 0.4) is 0 Å². The Bertz CT molecular complexity index is 1310. The van der Waals surface area contributed by atoms with E-state index in [4.69, 9.17) is 14.5 Å². The van der Waals surface area contributed by atoms with Gasteiger partial charge in [0.15, 0.2) is 0 Å². The van der Waals surface area contributed by atoms with E-state index in [2.05, 4.69) is 20.7 Å². The number of thiophene rings is 1. The Morgan fingerprint density at radius 3 is 2.77 bits per heavy atom. The van der Waals surface area contributed by atoms with Gasteiger partial charge in [0.2, 0.25) is 5.95 Å². The number of aromatic nitrogens is 3. The molecule has 3 aromatic heterocycles. The molecule has 3 heterocycles. The second kappa shape index (κ2) is 7.96. The van der Waals surface area contributed by atoms with Crippen LogP contribution < -0.4 is 14.8 Å². The van der Waals surface area contributed by atoms with Crippen molar-refractivity contribution in [1.82, 2.24) is 15.0 Å². The molecule has 0 amide bonds. The molecule has 5 aromatic rings. The summed E-state index contributed by atoms with van der Waals surface area (Å²) < 4.78 is 12.3. The minimum Gasteiger partial charge on any atom is -0.497 e. The molecular weight excluding hydrogens is 396 g/mol. The summed E-state index contributed by atoms with van der Waals surface area (Å²) >= 11 is 1.61. The zero-order valence-electron chi connectivity index (χ0n) is 16.2. The van der Waals surface area contributed by atoms with Crippen molar-refractivity contribution in [2.75, 3.05) is 12.4 Å². The van der Waals surface area contributed by atoms with E-state index < -0.39 is 0 Å². The summed E-state index contributed by atoms with van der Waals surface area (Å²) in [6.45, 7) is 0.424. The molecule has 0 aliphatic heterocycles. The van der Waals surface area contributed by atoms with Crippen LogP contribution >= 0.6 is 11.3 Å². The van der Waals surface area contributed by atoms with E-state index in [0.717, 1.165) is 43.9 Å². The number of nitrogens with zero attached hydrogens (tertiary/aromatic N) is 3. The largest absolute Gasteiger partial charge is 0.497 e. The van der Waals surface area contributed by atoms with Gasteiger partial charge < -0.3 is 14.8 Å². The second-order valence-electron chi connectivity index (χ2n) is 6.64. The Hall–Kier alpha value is -3.71. The molecule has 0 saturated heterocycles. The van der Waals surface area contributed by atoms with Crippen LogP contribution in [0.4, 0.5) is 11.6 Å². The predicted molar refractivity (Wildman–Crippen MR) is 120 cm³/mol. The van der Waals surface area contributed by atoms with Crippen LogP contribution in [0.5, 0.6) is 11.5 Å². The number of nitrogens with one attached hydrogen (secondary N) is 1. The van der Waals surface area contributed by atoms with Crippen molar-refractivity contribution in [2.24, 2.45) is 0 Å². The molecule has 0 fully saturated rings. The predicted octanol–water partition coefficient (Wildman–Crippen LogP) is 5.57. The quantitative estimate of drug-likeness (QED) is 0.392. The first-order valence-corrected chi connectivity index (χ1v) is 10.3. The number of ether oxygens (including phenoxy) is 2. The molecule has 0 radical (unpaired) electrons. The minimum atomic E-state index is 0.424. The fourth-order valence-corrected chi connectivity index (χ4v) is 4.05. The molecule has 0 bridgehead atoms. The molecular formula is C23H18N4O2S. The van der Waals surface area contributed by atoms with Crippen LogP contribution in [0.1, 0.15) is 5.56 Å². The molecule has 6 nitrogen and oxygen atoms in total. The molecule has 0 aliphatic carbocycles. The van der Waals surface area contributed by atoms with E-state index in [0.29, 0.717) is 12.6 Å². The summed E-state index contributed by atoms with van der Waals surface area (Å²) in [6, 6.07) is 17.5. The zero-order valence-corrected chi connectivity index (χ0v) is 17.0. The third-order valence-electron chi connectivity index (χ3n) is 4.72. The summed E-state index contributed by atoms with van der Waals surface area (Å²) in [5.41, 5.74) is 3.73. The number of benzene rings is 2. The zero-order chi connectivity index (χ0) is 20.3. The number of rotatable bonds is 6. The number of hydrogen-bond donors (Lipinski definition) is 1. The van der Waals surface area contributed by atoms with Crippen molar-refractivity contribution in [2.45, 2.75) is 6.61 Å². The smallest absolute Gasteiger partial charge is 0.227 e. The number of pyridine rings is 1. The Morgan fingerprint density at radius 1 is 1.00 bits per heavy atom. The molecule has 148 valence electrons. The first-order valence-electron chi connectivity index (χ1n) is 9.41. The molecule has 0 atom stereocenters. The molecule has 7 heteroatoms. The normalized spacial score (nSPS) is 11.0. The lowest BCUT2D eigenvalue weighted by Crippen LogP contribution is -1.99. The standard InChI is InChI=1S/C23H18N4O2S/c1-28-17-9-7-16(8-10-17)26-23-25-12-21-22(27-23)15(14-30-21)13-29-20-6-2-5-19-18(20)4-3-11-24-19/h2-12,14H,13H2,1H3,(H,25,26,27). The van der Waals surface area contributed by atoms with Gasteiger partial charge in [0.25, 0.3) is 0 Å². The van der Waals surface area contributed by atoms with Gasteiger partial charge in [0, 0.05) is 28.2 Å². The lowest BCUT2D eigenvalue weighted by Gasteiger charge is -2.09. The molecule has 5 rings (SSSR count). The SMILES string of the molecule is COc1ccc(Nc2ncc3scc(COc4cccc5ncccc45)c3n2)cc1. The van der Waals surface area contributed by atoms with Crippen LogP contribution in [0, 0.1) is 0 Å². The van der Waals surface area contributed by atoms with Gasteiger partial charge in [-0.3, -0.25) is 4.98 Å². The third-order valence-corrected chi connectivity index (χ3v) is 5.68. The average molecular weight is 414 g/mol. The van der Waals surface area contributed by atoms with Gasteiger partial charge in [0.1, 0.15) is 18.1 Å². The van der Waals surface area contributed by atoms with Crippen molar-refractivity contribution in [3.05, 3.63) is 77.9 Å². The highest BCUT2D eigenvalue weighted by molar-refractivity contribution is 7.17. The molecule has 0 spiro atoms. The fraction of sp³-hybridized carbons (Fsp3) is 0.0870. The van der Waals surface area contributed by atoms with E-state index in [-0.39, 0.29) is 0 Å². The van der Waals surface area contributed by atoms with Gasteiger partial charge in [-0.15, -0.1) is 11.3 Å². The van der Waals surface area contributed by atoms with E-state index in [1.54, 1.807) is 24.6 Å².